The van der Waals surface area contributed by atoms with Crippen LogP contribution < -0.4 is 5.32 Å². The van der Waals surface area contributed by atoms with Crippen molar-refractivity contribution < 1.29 is 13.2 Å². The highest BCUT2D eigenvalue weighted by Crippen LogP contribution is 2.17. The minimum atomic E-state index is -3.74. The van der Waals surface area contributed by atoms with Crippen LogP contribution in [0.15, 0.2) is 59.8 Å². The standard InChI is InChI=1S/C18H24N4O3S/c1-21(2)17(15-8-5-4-6-9-15)13-20-18(23)14-22(3)26(24,25)16-10-7-11-19-12-16/h4-12,17H,13-14H2,1-3H3,(H,20,23)/t17-/m1/s1. The first-order valence-corrected chi connectivity index (χ1v) is 9.61. The number of carbonyl (C=O) groups excluding carboxylic acids is 1. The van der Waals surface area contributed by atoms with Gasteiger partial charge in [-0.1, -0.05) is 30.3 Å². The van der Waals surface area contributed by atoms with Crippen LogP contribution in [0.1, 0.15) is 11.6 Å². The van der Waals surface area contributed by atoms with Crippen molar-refractivity contribution in [1.29, 1.82) is 0 Å². The van der Waals surface area contributed by atoms with Gasteiger partial charge in [-0.25, -0.2) is 8.42 Å². The van der Waals surface area contributed by atoms with E-state index in [4.69, 9.17) is 0 Å². The van der Waals surface area contributed by atoms with Crippen molar-refractivity contribution in [3.05, 3.63) is 60.4 Å². The summed E-state index contributed by atoms with van der Waals surface area (Å²) < 4.78 is 25.9. The zero-order valence-corrected chi connectivity index (χ0v) is 16.0. The predicted octanol–water partition coefficient (Wildman–Crippen LogP) is 1.12. The third-order valence-corrected chi connectivity index (χ3v) is 5.80. The number of pyridine rings is 1. The van der Waals surface area contributed by atoms with Gasteiger partial charge in [0, 0.05) is 26.0 Å². The van der Waals surface area contributed by atoms with E-state index in [1.165, 1.54) is 25.5 Å². The molecule has 0 aliphatic rings. The number of likely N-dealkylation sites (N-methyl/N-ethyl adjacent to an activating group) is 2. The Morgan fingerprint density at radius 1 is 1.12 bits per heavy atom. The molecule has 1 atom stereocenters. The number of rotatable bonds is 8. The number of aromatic nitrogens is 1. The number of sulfonamides is 1. The fourth-order valence-corrected chi connectivity index (χ4v) is 3.60. The highest BCUT2D eigenvalue weighted by molar-refractivity contribution is 7.89. The Hall–Kier alpha value is -2.29. The van der Waals surface area contributed by atoms with E-state index in [0.717, 1.165) is 9.87 Å². The summed E-state index contributed by atoms with van der Waals surface area (Å²) in [6.07, 6.45) is 2.76. The van der Waals surface area contributed by atoms with E-state index in [1.54, 1.807) is 6.07 Å². The quantitative estimate of drug-likeness (QED) is 0.747. The van der Waals surface area contributed by atoms with Crippen molar-refractivity contribution in [1.82, 2.24) is 19.5 Å². The van der Waals surface area contributed by atoms with Crippen molar-refractivity contribution in [2.75, 3.05) is 34.2 Å². The van der Waals surface area contributed by atoms with Gasteiger partial charge in [0.25, 0.3) is 0 Å². The van der Waals surface area contributed by atoms with Crippen LogP contribution in [0, 0.1) is 0 Å². The second kappa shape index (κ2) is 8.88. The van der Waals surface area contributed by atoms with Gasteiger partial charge in [0.05, 0.1) is 12.6 Å². The number of benzene rings is 1. The molecule has 26 heavy (non-hydrogen) atoms. The molecule has 1 amide bonds. The molecule has 0 bridgehead atoms. The van der Waals surface area contributed by atoms with Crippen LogP contribution in [0.5, 0.6) is 0 Å². The Labute approximate surface area is 154 Å². The predicted molar refractivity (Wildman–Crippen MR) is 99.9 cm³/mol. The number of amides is 1. The summed E-state index contributed by atoms with van der Waals surface area (Å²) in [6.45, 7) is 0.128. The van der Waals surface area contributed by atoms with Gasteiger partial charge in [-0.05, 0) is 31.8 Å². The second-order valence-electron chi connectivity index (χ2n) is 6.14. The van der Waals surface area contributed by atoms with Crippen LogP contribution in [0.2, 0.25) is 0 Å². The molecule has 0 saturated carbocycles. The lowest BCUT2D eigenvalue weighted by molar-refractivity contribution is -0.121. The molecule has 0 fully saturated rings. The van der Waals surface area contributed by atoms with E-state index >= 15 is 0 Å². The molecule has 0 aliphatic carbocycles. The van der Waals surface area contributed by atoms with Crippen LogP contribution in [0.3, 0.4) is 0 Å². The Morgan fingerprint density at radius 2 is 1.81 bits per heavy atom. The van der Waals surface area contributed by atoms with Crippen LogP contribution >= 0.6 is 0 Å². The molecule has 1 aromatic carbocycles. The first kappa shape index (κ1) is 20.0. The van der Waals surface area contributed by atoms with Gasteiger partial charge in [-0.2, -0.15) is 4.31 Å². The molecular weight excluding hydrogens is 352 g/mol. The topological polar surface area (TPSA) is 82.6 Å². The highest BCUT2D eigenvalue weighted by atomic mass is 32.2. The molecule has 2 rings (SSSR count). The summed E-state index contributed by atoms with van der Waals surface area (Å²) in [5.74, 6) is -0.359. The third-order valence-electron chi connectivity index (χ3n) is 4.01. The van der Waals surface area contributed by atoms with Gasteiger partial charge in [0.2, 0.25) is 15.9 Å². The summed E-state index contributed by atoms with van der Waals surface area (Å²) in [7, 11) is 1.50. The van der Waals surface area contributed by atoms with E-state index < -0.39 is 10.0 Å². The zero-order chi connectivity index (χ0) is 19.2. The second-order valence-corrected chi connectivity index (χ2v) is 8.19. The van der Waals surface area contributed by atoms with Gasteiger partial charge in [0.1, 0.15) is 4.90 Å². The minimum Gasteiger partial charge on any atom is -0.353 e. The van der Waals surface area contributed by atoms with Crippen molar-refractivity contribution in [3.8, 4) is 0 Å². The van der Waals surface area contributed by atoms with E-state index in [0.29, 0.717) is 6.54 Å². The zero-order valence-electron chi connectivity index (χ0n) is 15.2. The SMILES string of the molecule is CN(C)[C@H](CNC(=O)CN(C)S(=O)(=O)c1cccnc1)c1ccccc1. The van der Waals surface area contributed by atoms with Crippen molar-refractivity contribution in [3.63, 3.8) is 0 Å². The Kier molecular flexibility index (Phi) is 6.84. The average molecular weight is 376 g/mol. The number of hydrogen-bond donors (Lipinski definition) is 1. The highest BCUT2D eigenvalue weighted by Gasteiger charge is 2.23. The number of carbonyl (C=O) groups is 1. The molecule has 0 unspecified atom stereocenters. The lowest BCUT2D eigenvalue weighted by Crippen LogP contribution is -2.41. The first-order chi connectivity index (χ1) is 12.3. The van der Waals surface area contributed by atoms with Crippen LogP contribution in [-0.4, -0.2) is 62.7 Å². The number of nitrogens with zero attached hydrogens (tertiary/aromatic N) is 3. The summed E-state index contributed by atoms with van der Waals surface area (Å²) in [6, 6.07) is 12.8. The molecule has 0 saturated heterocycles. The Balaban J connectivity index is 1.97. The van der Waals surface area contributed by atoms with Crippen LogP contribution in [0.25, 0.3) is 0 Å². The fraction of sp³-hybridized carbons (Fsp3) is 0.333. The van der Waals surface area contributed by atoms with E-state index in [1.807, 2.05) is 49.3 Å². The first-order valence-electron chi connectivity index (χ1n) is 8.17. The maximum atomic E-state index is 12.4. The average Bonchev–Trinajstić information content (AvgIpc) is 2.63. The number of nitrogens with one attached hydrogen (secondary N) is 1. The minimum absolute atomic E-state index is 0.000358. The molecule has 0 radical (unpaired) electrons. The molecule has 1 heterocycles. The number of hydrogen-bond acceptors (Lipinski definition) is 5. The molecule has 1 aromatic heterocycles. The molecule has 1 N–H and O–H groups in total. The molecule has 140 valence electrons. The van der Waals surface area contributed by atoms with E-state index in [9.17, 15) is 13.2 Å². The maximum Gasteiger partial charge on any atom is 0.244 e. The molecule has 0 aliphatic heterocycles. The van der Waals surface area contributed by atoms with Gasteiger partial charge in [0.15, 0.2) is 0 Å². The largest absolute Gasteiger partial charge is 0.353 e. The molecular formula is C18H24N4O3S. The van der Waals surface area contributed by atoms with Crippen molar-refractivity contribution in [2.24, 2.45) is 0 Å². The lowest BCUT2D eigenvalue weighted by Gasteiger charge is -2.25. The monoisotopic (exact) mass is 376 g/mol. The molecule has 2 aromatic rings. The van der Waals surface area contributed by atoms with Gasteiger partial charge in [-0.3, -0.25) is 9.78 Å². The summed E-state index contributed by atoms with van der Waals surface area (Å²) in [5, 5.41) is 2.81. The molecule has 7 nitrogen and oxygen atoms in total. The summed E-state index contributed by atoms with van der Waals surface area (Å²) in [5.41, 5.74) is 1.08. The molecule has 8 heteroatoms. The summed E-state index contributed by atoms with van der Waals surface area (Å²) in [4.78, 5) is 18.1. The fourth-order valence-electron chi connectivity index (χ4n) is 2.51. The molecule has 0 spiro atoms. The Morgan fingerprint density at radius 3 is 2.38 bits per heavy atom. The normalized spacial score (nSPS) is 13.0. The van der Waals surface area contributed by atoms with Crippen molar-refractivity contribution in [2.45, 2.75) is 10.9 Å². The lowest BCUT2D eigenvalue weighted by atomic mass is 10.1. The third kappa shape index (κ3) is 5.10. The van der Waals surface area contributed by atoms with E-state index in [2.05, 4.69) is 10.3 Å². The summed E-state index contributed by atoms with van der Waals surface area (Å²) >= 11 is 0. The van der Waals surface area contributed by atoms with Crippen LogP contribution in [0.4, 0.5) is 0 Å². The van der Waals surface area contributed by atoms with E-state index in [-0.39, 0.29) is 23.4 Å². The van der Waals surface area contributed by atoms with Gasteiger partial charge in [-0.15, -0.1) is 0 Å². The van der Waals surface area contributed by atoms with Crippen molar-refractivity contribution >= 4 is 15.9 Å². The maximum absolute atomic E-state index is 12.4. The van der Waals surface area contributed by atoms with Gasteiger partial charge >= 0.3 is 0 Å². The Bertz CT molecular complexity index is 811. The van der Waals surface area contributed by atoms with Crippen LogP contribution in [-0.2, 0) is 14.8 Å². The smallest absolute Gasteiger partial charge is 0.244 e. The van der Waals surface area contributed by atoms with Gasteiger partial charge < -0.3 is 10.2 Å².